The first-order chi connectivity index (χ1) is 9.76. The van der Waals surface area contributed by atoms with Gasteiger partial charge in [-0.2, -0.15) is 0 Å². The van der Waals surface area contributed by atoms with Gasteiger partial charge in [0, 0.05) is 45.1 Å². The summed E-state index contributed by atoms with van der Waals surface area (Å²) in [6, 6.07) is 0.768. The van der Waals surface area contributed by atoms with Gasteiger partial charge in [0.2, 0.25) is 0 Å². The number of anilines is 1. The molecule has 0 amide bonds. The van der Waals surface area contributed by atoms with E-state index in [1.165, 1.54) is 6.33 Å². The van der Waals surface area contributed by atoms with E-state index < -0.39 is 8.80 Å². The summed E-state index contributed by atoms with van der Waals surface area (Å²) in [6.45, 7) is 8.39. The van der Waals surface area contributed by atoms with Gasteiger partial charge in [-0.3, -0.25) is 0 Å². The first-order valence-electron chi connectivity index (χ1n) is 6.97. The summed E-state index contributed by atoms with van der Waals surface area (Å²) in [4.78, 5) is 11.5. The average molecular weight is 322 g/mol. The van der Waals surface area contributed by atoms with Gasteiger partial charge in [-0.1, -0.05) is 0 Å². The van der Waals surface area contributed by atoms with Gasteiger partial charge in [-0.15, -0.1) is 0 Å². The summed E-state index contributed by atoms with van der Waals surface area (Å²) in [5, 5.41) is 3.11. The Hall–Kier alpha value is -0.0931. The zero-order valence-electron chi connectivity index (χ0n) is 13.4. The number of nitrogens with zero attached hydrogens (tertiary/aromatic N) is 3. The van der Waals surface area contributed by atoms with Gasteiger partial charge >= 0.3 is 38.4 Å². The van der Waals surface area contributed by atoms with Crippen LogP contribution in [0.25, 0.3) is 0 Å². The monoisotopic (exact) mass is 322 g/mol. The van der Waals surface area contributed by atoms with Crippen molar-refractivity contribution in [3.8, 4) is 0 Å². The predicted octanol–water partition coefficient (Wildman–Crippen LogP) is -1.47. The molecule has 0 aromatic carbocycles. The third kappa shape index (κ3) is 8.20. The minimum absolute atomic E-state index is 0. The minimum Gasteiger partial charge on any atom is -0.407 e. The number of hydrogen-bond acceptors (Lipinski definition) is 7. The van der Waals surface area contributed by atoms with Crippen molar-refractivity contribution in [2.45, 2.75) is 33.2 Å². The maximum Gasteiger partial charge on any atom is 1.00 e. The molecule has 21 heavy (non-hydrogen) atoms. The molecule has 0 aliphatic rings. The van der Waals surface area contributed by atoms with Crippen LogP contribution in [0.3, 0.4) is 0 Å². The maximum absolute atomic E-state index is 5.78. The molecule has 1 aromatic heterocycles. The Bertz CT molecular complexity index is 345. The van der Waals surface area contributed by atoms with Crippen LogP contribution in [0.15, 0.2) is 6.33 Å². The molecule has 0 bridgehead atoms. The molecule has 7 nitrogen and oxygen atoms in total. The van der Waals surface area contributed by atoms with E-state index in [1.807, 2.05) is 20.8 Å². The van der Waals surface area contributed by atoms with Gasteiger partial charge in [-0.25, -0.2) is 0 Å². The molecule has 1 heterocycles. The standard InChI is InChI=1S/C12H23N4O3Si.Na/c1-4-17-20(18-5-2,19-6-3)9-7-8-14-12-15-10-13-11-16-12;/h10H,4-9H2,1-3H3,(H,13,14,15,16);/q-1;+1. The van der Waals surface area contributed by atoms with E-state index in [-0.39, 0.29) is 29.6 Å². The molecular weight excluding hydrogens is 299 g/mol. The molecule has 0 aliphatic carbocycles. The number of rotatable bonds is 11. The molecule has 1 N–H and O–H groups in total. The topological polar surface area (TPSA) is 78.4 Å². The second-order valence-corrected chi connectivity index (χ2v) is 6.65. The fourth-order valence-corrected chi connectivity index (χ4v) is 4.42. The average Bonchev–Trinajstić information content (AvgIpc) is 2.46. The van der Waals surface area contributed by atoms with E-state index >= 15 is 0 Å². The summed E-state index contributed by atoms with van der Waals surface area (Å²) < 4.78 is 17.3. The molecule has 0 saturated carbocycles. The van der Waals surface area contributed by atoms with Crippen LogP contribution in [-0.2, 0) is 13.3 Å². The maximum atomic E-state index is 5.78. The largest absolute Gasteiger partial charge is 1.00 e. The van der Waals surface area contributed by atoms with Gasteiger partial charge in [0.05, 0.1) is 0 Å². The second kappa shape index (κ2) is 12.5. The van der Waals surface area contributed by atoms with Crippen LogP contribution in [0, 0.1) is 6.33 Å². The third-order valence-corrected chi connectivity index (χ3v) is 5.64. The molecule has 9 heteroatoms. The number of aromatic nitrogens is 3. The molecular formula is C12H23N4NaO3Si. The van der Waals surface area contributed by atoms with Crippen molar-refractivity contribution < 1.29 is 42.8 Å². The normalized spacial score (nSPS) is 11.0. The number of nitrogens with one attached hydrogen (secondary N) is 1. The van der Waals surface area contributed by atoms with Gasteiger partial charge < -0.3 is 33.5 Å². The van der Waals surface area contributed by atoms with Crippen LogP contribution in [0.1, 0.15) is 27.2 Å². The van der Waals surface area contributed by atoms with Crippen molar-refractivity contribution in [3.63, 3.8) is 0 Å². The van der Waals surface area contributed by atoms with Crippen LogP contribution in [0.5, 0.6) is 0 Å². The van der Waals surface area contributed by atoms with Crippen LogP contribution in [-0.4, -0.2) is 50.1 Å². The van der Waals surface area contributed by atoms with Crippen LogP contribution in [0.4, 0.5) is 5.95 Å². The van der Waals surface area contributed by atoms with Gasteiger partial charge in [0.1, 0.15) is 5.95 Å². The summed E-state index contributed by atoms with van der Waals surface area (Å²) in [6.07, 6.45) is 4.76. The zero-order chi connectivity index (χ0) is 14.7. The number of hydrogen-bond donors (Lipinski definition) is 1. The van der Waals surface area contributed by atoms with Crippen molar-refractivity contribution in [2.24, 2.45) is 0 Å². The molecule has 0 radical (unpaired) electrons. The van der Waals surface area contributed by atoms with Crippen molar-refractivity contribution in [1.29, 1.82) is 0 Å². The van der Waals surface area contributed by atoms with Gasteiger partial charge in [-0.05, 0) is 27.2 Å². The quantitative estimate of drug-likeness (QED) is 0.303. The molecule has 114 valence electrons. The first kappa shape index (κ1) is 20.9. The van der Waals surface area contributed by atoms with Crippen molar-refractivity contribution in [2.75, 3.05) is 31.7 Å². The van der Waals surface area contributed by atoms with Crippen molar-refractivity contribution in [3.05, 3.63) is 12.7 Å². The van der Waals surface area contributed by atoms with E-state index in [9.17, 15) is 0 Å². The second-order valence-electron chi connectivity index (χ2n) is 3.92. The Morgan fingerprint density at radius 1 is 1.14 bits per heavy atom. The van der Waals surface area contributed by atoms with Crippen molar-refractivity contribution in [1.82, 2.24) is 15.0 Å². The van der Waals surface area contributed by atoms with E-state index in [0.717, 1.165) is 19.0 Å². The SMILES string of the molecule is CCO[Si](CCCNc1n[c-]ncn1)(OCC)OCC.[Na+]. The first-order valence-corrected chi connectivity index (χ1v) is 8.90. The Morgan fingerprint density at radius 2 is 1.76 bits per heavy atom. The smallest absolute Gasteiger partial charge is 0.407 e. The van der Waals surface area contributed by atoms with E-state index in [1.54, 1.807) is 0 Å². The summed E-state index contributed by atoms with van der Waals surface area (Å²) in [5.41, 5.74) is 0. The third-order valence-electron chi connectivity index (χ3n) is 2.49. The Balaban J connectivity index is 0.00000400. The van der Waals surface area contributed by atoms with E-state index in [0.29, 0.717) is 25.8 Å². The van der Waals surface area contributed by atoms with Crippen molar-refractivity contribution >= 4 is 14.8 Å². The van der Waals surface area contributed by atoms with Crippen LogP contribution < -0.4 is 34.9 Å². The summed E-state index contributed by atoms with van der Waals surface area (Å²) in [7, 11) is -2.53. The molecule has 0 spiro atoms. The van der Waals surface area contributed by atoms with E-state index in [2.05, 4.69) is 26.6 Å². The summed E-state index contributed by atoms with van der Waals surface area (Å²) >= 11 is 0. The molecule has 0 fully saturated rings. The Labute approximate surface area is 149 Å². The molecule has 1 aromatic rings. The molecule has 0 unspecified atom stereocenters. The molecule has 0 aliphatic heterocycles. The van der Waals surface area contributed by atoms with E-state index in [4.69, 9.17) is 13.3 Å². The fourth-order valence-electron chi connectivity index (χ4n) is 1.81. The minimum atomic E-state index is -2.53. The fraction of sp³-hybridized carbons (Fsp3) is 0.750. The van der Waals surface area contributed by atoms with Crippen LogP contribution >= 0.6 is 0 Å². The van der Waals surface area contributed by atoms with Crippen LogP contribution in [0.2, 0.25) is 6.04 Å². The predicted molar refractivity (Wildman–Crippen MR) is 77.2 cm³/mol. The Kier molecular flexibility index (Phi) is 12.4. The summed E-state index contributed by atoms with van der Waals surface area (Å²) in [5.74, 6) is 0.525. The Morgan fingerprint density at radius 3 is 2.24 bits per heavy atom. The van der Waals surface area contributed by atoms with Gasteiger partial charge in [0.25, 0.3) is 0 Å². The molecule has 0 saturated heterocycles. The zero-order valence-corrected chi connectivity index (χ0v) is 16.4. The van der Waals surface area contributed by atoms with Gasteiger partial charge in [0.15, 0.2) is 0 Å². The molecule has 0 atom stereocenters. The molecule has 1 rings (SSSR count).